The molecule has 192 valence electrons. The summed E-state index contributed by atoms with van der Waals surface area (Å²) in [5, 5.41) is 4.52. The Hall–Kier alpha value is -3.03. The molecule has 37 heavy (non-hydrogen) atoms. The lowest BCUT2D eigenvalue weighted by atomic mass is 10.1. The van der Waals surface area contributed by atoms with Crippen molar-refractivity contribution in [2.75, 3.05) is 11.9 Å². The lowest BCUT2D eigenvalue weighted by Crippen LogP contribution is -2.23. The van der Waals surface area contributed by atoms with Crippen LogP contribution in [0.25, 0.3) is 10.9 Å². The van der Waals surface area contributed by atoms with Gasteiger partial charge in [0.15, 0.2) is 0 Å². The number of aromatic nitrogens is 1. The number of carbonyl (C=O) groups is 2. The third-order valence-corrected chi connectivity index (χ3v) is 9.11. The third-order valence-electron chi connectivity index (χ3n) is 6.76. The first kappa shape index (κ1) is 25.6. The molecule has 0 radical (unpaired) electrons. The van der Waals surface area contributed by atoms with Crippen LogP contribution < -0.4 is 5.32 Å². The highest BCUT2D eigenvalue weighted by Crippen LogP contribution is 2.39. The van der Waals surface area contributed by atoms with Gasteiger partial charge in [-0.05, 0) is 56.7 Å². The molecule has 0 spiro atoms. The zero-order valence-electron chi connectivity index (χ0n) is 21.3. The number of nitrogens with one attached hydrogen (secondary N) is 1. The Kier molecular flexibility index (Phi) is 8.01. The van der Waals surface area contributed by atoms with Crippen molar-refractivity contribution in [1.82, 2.24) is 4.57 Å². The fourth-order valence-electron chi connectivity index (χ4n) is 4.93. The number of nitrogens with zero attached hydrogens (tertiary/aromatic N) is 1. The molecule has 2 aromatic carbocycles. The fraction of sp³-hybridized carbons (Fsp3) is 0.333. The molecule has 1 amide bonds. The van der Waals surface area contributed by atoms with E-state index in [1.54, 1.807) is 23.1 Å². The number of rotatable bonds is 8. The van der Waals surface area contributed by atoms with Crippen LogP contribution in [0.15, 0.2) is 65.7 Å². The Morgan fingerprint density at radius 1 is 1.05 bits per heavy atom. The number of amides is 1. The molecule has 2 heterocycles. The van der Waals surface area contributed by atoms with Crippen LogP contribution in [0.5, 0.6) is 0 Å². The maximum Gasteiger partial charge on any atom is 0.341 e. The molecular formula is C30H32N2O3S2. The molecule has 1 N–H and O–H groups in total. The Labute approximate surface area is 226 Å². The van der Waals surface area contributed by atoms with Crippen molar-refractivity contribution < 1.29 is 14.3 Å². The number of thioether (sulfide) groups is 1. The van der Waals surface area contributed by atoms with Crippen LogP contribution in [0.4, 0.5) is 5.00 Å². The number of esters is 1. The lowest BCUT2D eigenvalue weighted by Gasteiger charge is -2.12. The predicted octanol–water partition coefficient (Wildman–Crippen LogP) is 7.32. The molecule has 0 saturated carbocycles. The number of ether oxygens (including phenoxy) is 1. The van der Waals surface area contributed by atoms with Crippen LogP contribution in [0, 0.1) is 0 Å². The summed E-state index contributed by atoms with van der Waals surface area (Å²) in [5.41, 5.74) is 4.01. The van der Waals surface area contributed by atoms with Crippen molar-refractivity contribution in [1.29, 1.82) is 0 Å². The summed E-state index contributed by atoms with van der Waals surface area (Å²) in [6.07, 6.45) is 7.29. The summed E-state index contributed by atoms with van der Waals surface area (Å²) in [6.45, 7) is 4.82. The topological polar surface area (TPSA) is 60.3 Å². The van der Waals surface area contributed by atoms with Gasteiger partial charge in [-0.25, -0.2) is 4.79 Å². The second kappa shape index (κ2) is 11.6. The number of aryl methyl sites for hydroxylation is 1. The largest absolute Gasteiger partial charge is 0.462 e. The molecular weight excluding hydrogens is 500 g/mol. The van der Waals surface area contributed by atoms with E-state index >= 15 is 0 Å². The quantitative estimate of drug-likeness (QED) is 0.147. The smallest absolute Gasteiger partial charge is 0.341 e. The average Bonchev–Trinajstić information content (AvgIpc) is 3.32. The van der Waals surface area contributed by atoms with E-state index in [1.807, 2.05) is 32.0 Å². The van der Waals surface area contributed by atoms with Crippen LogP contribution in [0.1, 0.15) is 59.5 Å². The maximum atomic E-state index is 13.4. The first-order valence-electron chi connectivity index (χ1n) is 13.0. The van der Waals surface area contributed by atoms with E-state index in [1.165, 1.54) is 10.4 Å². The van der Waals surface area contributed by atoms with Crippen molar-refractivity contribution in [2.24, 2.45) is 0 Å². The summed E-state index contributed by atoms with van der Waals surface area (Å²) >= 11 is 3.09. The second-order valence-electron chi connectivity index (χ2n) is 9.36. The Morgan fingerprint density at radius 2 is 1.81 bits per heavy atom. The summed E-state index contributed by atoms with van der Waals surface area (Å²) in [4.78, 5) is 28.5. The number of carbonyl (C=O) groups excluding carboxylic acids is 2. The van der Waals surface area contributed by atoms with E-state index in [4.69, 9.17) is 4.74 Å². The van der Waals surface area contributed by atoms with Crippen molar-refractivity contribution in [3.05, 3.63) is 82.4 Å². The SMILES string of the molecule is CCOC(=O)c1c(NC(=O)C(C)Sc2cn(Cc3ccccc3)c3ccccc23)sc2c1CCCCC2. The standard InChI is InChI=1S/C30H32N2O3S2/c1-3-35-30(34)27-23-15-8-5-9-17-25(23)37-29(27)31-28(33)20(2)36-26-19-32(18-21-12-6-4-7-13-21)24-16-11-10-14-22(24)26/h4,6-7,10-14,16,19-20H,3,5,8-9,15,17-18H2,1-2H3,(H,31,33). The normalized spacial score (nSPS) is 14.1. The molecule has 5 nitrogen and oxygen atoms in total. The summed E-state index contributed by atoms with van der Waals surface area (Å²) in [7, 11) is 0. The van der Waals surface area contributed by atoms with Crippen LogP contribution in [-0.2, 0) is 28.9 Å². The van der Waals surface area contributed by atoms with Gasteiger partial charge < -0.3 is 14.6 Å². The Balaban J connectivity index is 1.37. The monoisotopic (exact) mass is 532 g/mol. The van der Waals surface area contributed by atoms with E-state index in [0.29, 0.717) is 17.2 Å². The van der Waals surface area contributed by atoms with Crippen molar-refractivity contribution >= 4 is 50.9 Å². The summed E-state index contributed by atoms with van der Waals surface area (Å²) in [5.74, 6) is -0.437. The highest BCUT2D eigenvalue weighted by atomic mass is 32.2. The minimum Gasteiger partial charge on any atom is -0.462 e. The van der Waals surface area contributed by atoms with Gasteiger partial charge in [-0.1, -0.05) is 55.0 Å². The van der Waals surface area contributed by atoms with Crippen molar-refractivity contribution in [3.63, 3.8) is 0 Å². The predicted molar refractivity (Wildman–Crippen MR) is 153 cm³/mol. The molecule has 1 atom stereocenters. The molecule has 1 aliphatic carbocycles. The number of anilines is 1. The van der Waals surface area contributed by atoms with Gasteiger partial charge in [-0.15, -0.1) is 23.1 Å². The molecule has 2 aromatic heterocycles. The summed E-state index contributed by atoms with van der Waals surface area (Å²) in [6, 6.07) is 18.7. The van der Waals surface area contributed by atoms with Gasteiger partial charge in [-0.2, -0.15) is 0 Å². The first-order valence-corrected chi connectivity index (χ1v) is 14.7. The molecule has 0 fully saturated rings. The van der Waals surface area contributed by atoms with Crippen LogP contribution in [0.3, 0.4) is 0 Å². The second-order valence-corrected chi connectivity index (χ2v) is 11.9. The Bertz CT molecular complexity index is 1410. The number of hydrogen-bond donors (Lipinski definition) is 1. The molecule has 0 aliphatic heterocycles. The van der Waals surface area contributed by atoms with E-state index in [9.17, 15) is 9.59 Å². The van der Waals surface area contributed by atoms with Gasteiger partial charge in [0.05, 0.1) is 17.4 Å². The van der Waals surface area contributed by atoms with E-state index < -0.39 is 0 Å². The van der Waals surface area contributed by atoms with Gasteiger partial charge in [0.1, 0.15) is 5.00 Å². The van der Waals surface area contributed by atoms with Crippen LogP contribution in [0.2, 0.25) is 0 Å². The highest BCUT2D eigenvalue weighted by Gasteiger charge is 2.28. The van der Waals surface area contributed by atoms with Crippen molar-refractivity contribution in [2.45, 2.75) is 62.6 Å². The fourth-order valence-corrected chi connectivity index (χ4v) is 7.24. The lowest BCUT2D eigenvalue weighted by molar-refractivity contribution is -0.115. The number of fused-ring (bicyclic) bond motifs is 2. The molecule has 5 rings (SSSR count). The maximum absolute atomic E-state index is 13.4. The molecule has 0 bridgehead atoms. The molecule has 4 aromatic rings. The van der Waals surface area contributed by atoms with E-state index in [-0.39, 0.29) is 17.1 Å². The highest BCUT2D eigenvalue weighted by molar-refractivity contribution is 8.00. The minimum atomic E-state index is -0.340. The summed E-state index contributed by atoms with van der Waals surface area (Å²) < 4.78 is 7.62. The van der Waals surface area contributed by atoms with Gasteiger partial charge in [0.2, 0.25) is 5.91 Å². The van der Waals surface area contributed by atoms with Gasteiger partial charge in [0.25, 0.3) is 0 Å². The Morgan fingerprint density at radius 3 is 2.62 bits per heavy atom. The first-order chi connectivity index (χ1) is 18.0. The average molecular weight is 533 g/mol. The van der Waals surface area contributed by atoms with E-state index in [0.717, 1.165) is 60.0 Å². The number of hydrogen-bond acceptors (Lipinski definition) is 5. The van der Waals surface area contributed by atoms with Gasteiger partial charge in [-0.3, -0.25) is 4.79 Å². The van der Waals surface area contributed by atoms with Crippen LogP contribution in [-0.4, -0.2) is 28.3 Å². The third kappa shape index (κ3) is 5.63. The zero-order chi connectivity index (χ0) is 25.8. The number of thiophene rings is 1. The molecule has 0 saturated heterocycles. The minimum absolute atomic E-state index is 0.105. The van der Waals surface area contributed by atoms with E-state index in [2.05, 4.69) is 52.5 Å². The van der Waals surface area contributed by atoms with Gasteiger partial charge >= 0.3 is 5.97 Å². The zero-order valence-corrected chi connectivity index (χ0v) is 22.9. The molecule has 7 heteroatoms. The molecule has 1 unspecified atom stereocenters. The van der Waals surface area contributed by atoms with Crippen LogP contribution >= 0.6 is 23.1 Å². The van der Waals surface area contributed by atoms with Crippen molar-refractivity contribution in [3.8, 4) is 0 Å². The number of para-hydroxylation sites is 1. The van der Waals surface area contributed by atoms with Gasteiger partial charge in [0, 0.05) is 33.4 Å². The number of benzene rings is 2. The molecule has 1 aliphatic rings.